The van der Waals surface area contributed by atoms with Gasteiger partial charge in [-0.1, -0.05) is 34.1 Å². The minimum Gasteiger partial charge on any atom is -0.0625 e. The van der Waals surface area contributed by atoms with Crippen LogP contribution in [0.2, 0.25) is 0 Å². The first-order chi connectivity index (χ1) is 7.45. The minimum absolute atomic E-state index is 0.711. The van der Waals surface area contributed by atoms with E-state index in [1.165, 1.54) is 19.3 Å². The van der Waals surface area contributed by atoms with Crippen LogP contribution in [0.3, 0.4) is 0 Å². The summed E-state index contributed by atoms with van der Waals surface area (Å²) in [5.74, 6) is 4.08. The molecule has 0 aromatic rings. The zero-order valence-electron chi connectivity index (χ0n) is 11.6. The number of hydrogen-bond donors (Lipinski definition) is 0. The van der Waals surface area contributed by atoms with E-state index in [9.17, 15) is 0 Å². The summed E-state index contributed by atoms with van der Waals surface area (Å²) >= 11 is 0. The molecule has 0 N–H and O–H groups in total. The van der Waals surface area contributed by atoms with Gasteiger partial charge in [0.25, 0.3) is 0 Å². The third-order valence-electron chi connectivity index (χ3n) is 6.51. The van der Waals surface area contributed by atoms with Crippen molar-refractivity contribution in [3.63, 3.8) is 0 Å². The van der Waals surface area contributed by atoms with Crippen LogP contribution in [0.5, 0.6) is 0 Å². The van der Waals surface area contributed by atoms with Crippen LogP contribution < -0.4 is 0 Å². The quantitative estimate of drug-likeness (QED) is 0.590. The summed E-state index contributed by atoms with van der Waals surface area (Å²) < 4.78 is 0. The van der Waals surface area contributed by atoms with E-state index in [1.807, 2.05) is 0 Å². The fourth-order valence-corrected chi connectivity index (χ4v) is 6.00. The van der Waals surface area contributed by atoms with Crippen LogP contribution in [0.1, 0.15) is 66.2 Å². The van der Waals surface area contributed by atoms with E-state index in [-0.39, 0.29) is 0 Å². The van der Waals surface area contributed by atoms with Gasteiger partial charge in [0.05, 0.1) is 0 Å². The summed E-state index contributed by atoms with van der Waals surface area (Å²) in [6.45, 7) is 10.1. The fourth-order valence-electron chi connectivity index (χ4n) is 6.00. The highest BCUT2D eigenvalue weighted by atomic mass is 14.7. The van der Waals surface area contributed by atoms with E-state index in [0.717, 1.165) is 23.7 Å². The lowest BCUT2D eigenvalue weighted by Gasteiger charge is -2.44. The Hall–Kier alpha value is 0. The normalized spacial score (nSPS) is 55.7. The van der Waals surface area contributed by atoms with Gasteiger partial charge in [-0.3, -0.25) is 0 Å². The van der Waals surface area contributed by atoms with Crippen molar-refractivity contribution in [2.45, 2.75) is 66.2 Å². The molecule has 4 unspecified atom stereocenters. The number of hydrogen-bond acceptors (Lipinski definition) is 0. The molecule has 0 aromatic heterocycles. The van der Waals surface area contributed by atoms with Gasteiger partial charge in [0.15, 0.2) is 0 Å². The standard InChI is InChI=1S/C16H28/c1-11(2)12-8-15(3)10-16(4,9-12)14-7-5-6-13(14)15/h11-14H,5-10H2,1-4H3. The Balaban J connectivity index is 1.94. The van der Waals surface area contributed by atoms with Gasteiger partial charge >= 0.3 is 0 Å². The Bertz CT molecular complexity index is 268. The summed E-state index contributed by atoms with van der Waals surface area (Å²) in [6, 6.07) is 0. The molecular formula is C16H28. The van der Waals surface area contributed by atoms with E-state index < -0.39 is 0 Å². The van der Waals surface area contributed by atoms with Gasteiger partial charge < -0.3 is 0 Å². The van der Waals surface area contributed by atoms with Crippen molar-refractivity contribution in [3.05, 3.63) is 0 Å². The zero-order valence-corrected chi connectivity index (χ0v) is 11.6. The molecule has 0 aliphatic heterocycles. The Kier molecular flexibility index (Phi) is 2.27. The molecule has 92 valence electrons. The highest BCUT2D eigenvalue weighted by molar-refractivity contribution is 5.10. The van der Waals surface area contributed by atoms with Gasteiger partial charge in [-0.15, -0.1) is 0 Å². The number of rotatable bonds is 1. The molecule has 2 bridgehead atoms. The third-order valence-corrected chi connectivity index (χ3v) is 6.51. The van der Waals surface area contributed by atoms with E-state index >= 15 is 0 Å². The maximum absolute atomic E-state index is 2.62. The van der Waals surface area contributed by atoms with Crippen molar-refractivity contribution < 1.29 is 0 Å². The predicted octanol–water partition coefficient (Wildman–Crippen LogP) is 4.89. The molecule has 0 radical (unpaired) electrons. The van der Waals surface area contributed by atoms with Crippen LogP contribution in [0.25, 0.3) is 0 Å². The molecule has 16 heavy (non-hydrogen) atoms. The summed E-state index contributed by atoms with van der Waals surface area (Å²) in [5.41, 5.74) is 1.42. The van der Waals surface area contributed by atoms with Crippen molar-refractivity contribution >= 4 is 0 Å². The van der Waals surface area contributed by atoms with Crippen molar-refractivity contribution in [1.29, 1.82) is 0 Å². The van der Waals surface area contributed by atoms with Gasteiger partial charge in [-0.05, 0) is 66.6 Å². The smallest absolute Gasteiger partial charge is 0.0287 e. The number of fused-ring (bicyclic) bond motifs is 5. The SMILES string of the molecule is CC(C)C1CC2(C)CC(C)(C1)C1CCCC12. The molecule has 3 rings (SSSR count). The molecule has 0 heterocycles. The van der Waals surface area contributed by atoms with E-state index in [0.29, 0.717) is 10.8 Å². The van der Waals surface area contributed by atoms with Crippen LogP contribution in [-0.4, -0.2) is 0 Å². The first kappa shape index (κ1) is 11.1. The van der Waals surface area contributed by atoms with Crippen LogP contribution in [0.4, 0.5) is 0 Å². The van der Waals surface area contributed by atoms with Crippen LogP contribution in [-0.2, 0) is 0 Å². The molecule has 0 nitrogen and oxygen atoms in total. The van der Waals surface area contributed by atoms with Crippen LogP contribution in [0.15, 0.2) is 0 Å². The second kappa shape index (κ2) is 3.27. The lowest BCUT2D eigenvalue weighted by molar-refractivity contribution is 0.0633. The molecule has 3 aliphatic rings. The Morgan fingerprint density at radius 2 is 1.44 bits per heavy atom. The Morgan fingerprint density at radius 1 is 0.938 bits per heavy atom. The minimum atomic E-state index is 0.711. The molecule has 0 aromatic carbocycles. The van der Waals surface area contributed by atoms with Crippen LogP contribution >= 0.6 is 0 Å². The van der Waals surface area contributed by atoms with Gasteiger partial charge in [-0.2, -0.15) is 0 Å². The summed E-state index contributed by atoms with van der Waals surface area (Å²) in [4.78, 5) is 0. The lowest BCUT2D eigenvalue weighted by Crippen LogP contribution is -2.34. The van der Waals surface area contributed by atoms with Crippen LogP contribution in [0, 0.1) is 34.5 Å². The summed E-state index contributed by atoms with van der Waals surface area (Å²) in [5, 5.41) is 0. The van der Waals surface area contributed by atoms with E-state index in [4.69, 9.17) is 0 Å². The zero-order chi connectivity index (χ0) is 11.6. The molecule has 0 heteroatoms. The average Bonchev–Trinajstić information content (AvgIpc) is 2.69. The van der Waals surface area contributed by atoms with Gasteiger partial charge in [0.1, 0.15) is 0 Å². The maximum atomic E-state index is 2.62. The monoisotopic (exact) mass is 220 g/mol. The summed E-state index contributed by atoms with van der Waals surface area (Å²) in [6.07, 6.45) is 9.21. The molecule has 3 aliphatic carbocycles. The molecule has 3 saturated carbocycles. The Morgan fingerprint density at radius 3 is 1.88 bits per heavy atom. The first-order valence-corrected chi connectivity index (χ1v) is 7.45. The van der Waals surface area contributed by atoms with Crippen molar-refractivity contribution in [1.82, 2.24) is 0 Å². The highest BCUT2D eigenvalue weighted by Gasteiger charge is 2.61. The molecule has 0 saturated heterocycles. The largest absolute Gasteiger partial charge is 0.0625 e. The van der Waals surface area contributed by atoms with E-state index in [1.54, 1.807) is 19.3 Å². The van der Waals surface area contributed by atoms with Crippen molar-refractivity contribution in [2.75, 3.05) is 0 Å². The van der Waals surface area contributed by atoms with Gasteiger partial charge in [0.2, 0.25) is 0 Å². The lowest BCUT2D eigenvalue weighted by atomic mass is 9.61. The maximum Gasteiger partial charge on any atom is -0.0287 e. The molecule has 0 spiro atoms. The highest BCUT2D eigenvalue weighted by Crippen LogP contribution is 2.70. The van der Waals surface area contributed by atoms with Crippen molar-refractivity contribution in [2.24, 2.45) is 34.5 Å². The van der Waals surface area contributed by atoms with Crippen molar-refractivity contribution in [3.8, 4) is 0 Å². The van der Waals surface area contributed by atoms with Gasteiger partial charge in [0, 0.05) is 0 Å². The molecule has 4 atom stereocenters. The average molecular weight is 220 g/mol. The molecule has 0 amide bonds. The molecule has 3 fully saturated rings. The predicted molar refractivity (Wildman–Crippen MR) is 69.2 cm³/mol. The van der Waals surface area contributed by atoms with E-state index in [2.05, 4.69) is 27.7 Å². The Labute approximate surface area is 101 Å². The second-order valence-electron chi connectivity index (χ2n) is 8.04. The van der Waals surface area contributed by atoms with Gasteiger partial charge in [-0.25, -0.2) is 0 Å². The second-order valence-corrected chi connectivity index (χ2v) is 8.04. The first-order valence-electron chi connectivity index (χ1n) is 7.45. The third kappa shape index (κ3) is 1.34. The summed E-state index contributed by atoms with van der Waals surface area (Å²) in [7, 11) is 0. The molecular weight excluding hydrogens is 192 g/mol. The topological polar surface area (TPSA) is 0 Å². The fraction of sp³-hybridized carbons (Fsp3) is 1.00.